The number of nitrogens with one attached hydrogen (secondary N) is 2. The van der Waals surface area contributed by atoms with Gasteiger partial charge in [0.2, 0.25) is 5.91 Å². The molecule has 152 valence electrons. The molecule has 0 radical (unpaired) electrons. The number of quaternary nitrogens is 1. The number of nitrogens with two attached hydrogens (primary N) is 1. The predicted octanol–water partition coefficient (Wildman–Crippen LogP) is 2.24. The Morgan fingerprint density at radius 3 is 2.32 bits per heavy atom. The lowest BCUT2D eigenvalue weighted by atomic mass is 9.99. The van der Waals surface area contributed by atoms with Gasteiger partial charge in [0, 0.05) is 11.6 Å². The van der Waals surface area contributed by atoms with Crippen molar-refractivity contribution in [2.24, 2.45) is 5.92 Å². The highest BCUT2D eigenvalue weighted by atomic mass is 32.1. The number of hydrogen-bond donors (Lipinski definition) is 3. The summed E-state index contributed by atoms with van der Waals surface area (Å²) in [5.74, 6) is 0.317. The third kappa shape index (κ3) is 7.44. The molecule has 0 aliphatic rings. The Morgan fingerprint density at radius 2 is 1.75 bits per heavy atom. The average Bonchev–Trinajstić information content (AvgIpc) is 3.15. The van der Waals surface area contributed by atoms with Gasteiger partial charge in [-0.2, -0.15) is 0 Å². The minimum absolute atomic E-state index is 0.0123. The molecule has 0 saturated heterocycles. The van der Waals surface area contributed by atoms with E-state index in [0.29, 0.717) is 5.92 Å². The van der Waals surface area contributed by atoms with Gasteiger partial charge in [-0.25, -0.2) is 0 Å². The van der Waals surface area contributed by atoms with Crippen molar-refractivity contribution < 1.29 is 14.9 Å². The number of thiophene rings is 1. The third-order valence-electron chi connectivity index (χ3n) is 4.27. The summed E-state index contributed by atoms with van der Waals surface area (Å²) < 4.78 is 0. The van der Waals surface area contributed by atoms with E-state index in [9.17, 15) is 9.59 Å². The van der Waals surface area contributed by atoms with Crippen molar-refractivity contribution >= 4 is 23.2 Å². The van der Waals surface area contributed by atoms with E-state index in [1.54, 1.807) is 11.3 Å². The van der Waals surface area contributed by atoms with Crippen LogP contribution in [0.5, 0.6) is 0 Å². The molecule has 0 spiro atoms. The molecule has 2 aromatic rings. The number of amides is 2. The topological polar surface area (TPSA) is 74.8 Å². The molecule has 28 heavy (non-hydrogen) atoms. The lowest BCUT2D eigenvalue weighted by Crippen LogP contribution is -2.87. The Kier molecular flexibility index (Phi) is 8.67. The minimum atomic E-state index is -0.168. The van der Waals surface area contributed by atoms with Crippen LogP contribution in [0.4, 0.5) is 0 Å². The number of benzene rings is 1. The lowest BCUT2D eigenvalue weighted by Gasteiger charge is -2.16. The summed E-state index contributed by atoms with van der Waals surface area (Å²) in [5.41, 5.74) is 2.51. The minimum Gasteiger partial charge on any atom is -0.352 e. The van der Waals surface area contributed by atoms with Crippen LogP contribution in [0.3, 0.4) is 0 Å². The summed E-state index contributed by atoms with van der Waals surface area (Å²) in [5, 5.41) is 9.54. The van der Waals surface area contributed by atoms with Crippen molar-refractivity contribution in [2.75, 3.05) is 13.1 Å². The van der Waals surface area contributed by atoms with Gasteiger partial charge in [-0.05, 0) is 43.2 Å². The maximum atomic E-state index is 12.2. The van der Waals surface area contributed by atoms with E-state index in [1.165, 1.54) is 16.0 Å². The molecule has 5 nitrogen and oxygen atoms in total. The van der Waals surface area contributed by atoms with Crippen molar-refractivity contribution in [3.63, 3.8) is 0 Å². The van der Waals surface area contributed by atoms with Crippen LogP contribution in [0.25, 0.3) is 0 Å². The molecule has 0 bridgehead atoms. The average molecular weight is 403 g/mol. The van der Waals surface area contributed by atoms with Crippen molar-refractivity contribution in [3.05, 3.63) is 57.8 Å². The molecule has 1 atom stereocenters. The van der Waals surface area contributed by atoms with Crippen LogP contribution in [-0.4, -0.2) is 30.9 Å². The summed E-state index contributed by atoms with van der Waals surface area (Å²) in [4.78, 5) is 25.1. The summed E-state index contributed by atoms with van der Waals surface area (Å²) >= 11 is 1.69. The van der Waals surface area contributed by atoms with Gasteiger partial charge < -0.3 is 16.0 Å². The Labute approximate surface area is 171 Å². The fraction of sp³-hybridized carbons (Fsp3) is 0.455. The van der Waals surface area contributed by atoms with Crippen LogP contribution in [0.2, 0.25) is 0 Å². The van der Waals surface area contributed by atoms with Gasteiger partial charge in [-0.3, -0.25) is 9.59 Å². The molecule has 4 N–H and O–H groups in total. The van der Waals surface area contributed by atoms with Gasteiger partial charge in [0.25, 0.3) is 5.91 Å². The van der Waals surface area contributed by atoms with E-state index < -0.39 is 0 Å². The molecular formula is C22H32N3O2S+. The summed E-state index contributed by atoms with van der Waals surface area (Å²) in [6.07, 6.45) is 1.06. The van der Waals surface area contributed by atoms with Crippen molar-refractivity contribution in [1.82, 2.24) is 10.6 Å². The second kappa shape index (κ2) is 11.0. The van der Waals surface area contributed by atoms with Crippen LogP contribution < -0.4 is 16.0 Å². The van der Waals surface area contributed by atoms with E-state index in [2.05, 4.69) is 60.2 Å². The smallest absolute Gasteiger partial charge is 0.275 e. The molecule has 1 aromatic carbocycles. The molecule has 0 fully saturated rings. The van der Waals surface area contributed by atoms with E-state index in [4.69, 9.17) is 0 Å². The lowest BCUT2D eigenvalue weighted by molar-refractivity contribution is -0.676. The molecule has 2 rings (SSSR count). The second-order valence-electron chi connectivity index (χ2n) is 7.77. The first kappa shape index (κ1) is 22.1. The standard InChI is InChI=1S/C22H31N3O2S/c1-15(2)12-17-7-9-18(10-8-17)22(19-6-5-11-28-19)24-13-20(26)23-14-21(27)25-16(3)4/h5-11,15-16,22,24H,12-14H2,1-4H3,(H,23,26)(H,25,27)/p+1/t22-/m0/s1. The van der Waals surface area contributed by atoms with E-state index in [0.717, 1.165) is 6.42 Å². The van der Waals surface area contributed by atoms with E-state index >= 15 is 0 Å². The molecule has 0 aliphatic heterocycles. The molecule has 0 aliphatic carbocycles. The number of carbonyl (C=O) groups is 2. The Balaban J connectivity index is 1.97. The van der Waals surface area contributed by atoms with Crippen molar-refractivity contribution in [3.8, 4) is 0 Å². The summed E-state index contributed by atoms with van der Waals surface area (Å²) in [7, 11) is 0. The largest absolute Gasteiger partial charge is 0.352 e. The second-order valence-corrected chi connectivity index (χ2v) is 8.75. The van der Waals surface area contributed by atoms with Crippen LogP contribution in [0.1, 0.15) is 49.7 Å². The van der Waals surface area contributed by atoms with Crippen LogP contribution in [0.15, 0.2) is 41.8 Å². The van der Waals surface area contributed by atoms with Crippen molar-refractivity contribution in [1.29, 1.82) is 0 Å². The molecule has 0 unspecified atom stereocenters. The van der Waals surface area contributed by atoms with Gasteiger partial charge in [-0.1, -0.05) is 44.2 Å². The molecule has 1 aromatic heterocycles. The predicted molar refractivity (Wildman–Crippen MR) is 114 cm³/mol. The van der Waals surface area contributed by atoms with E-state index in [-0.39, 0.29) is 37.0 Å². The summed E-state index contributed by atoms with van der Waals surface area (Å²) in [6.45, 7) is 8.51. The number of hydrogen-bond acceptors (Lipinski definition) is 3. The van der Waals surface area contributed by atoms with Gasteiger partial charge in [-0.15, -0.1) is 11.3 Å². The fourth-order valence-electron chi connectivity index (χ4n) is 3.07. The fourth-order valence-corrected chi connectivity index (χ4v) is 3.92. The first-order valence-corrected chi connectivity index (χ1v) is 10.7. The molecule has 0 saturated carbocycles. The molecular weight excluding hydrogens is 370 g/mol. The van der Waals surface area contributed by atoms with Gasteiger partial charge in [0.05, 0.1) is 11.4 Å². The van der Waals surface area contributed by atoms with Crippen LogP contribution in [-0.2, 0) is 16.0 Å². The maximum absolute atomic E-state index is 12.2. The van der Waals surface area contributed by atoms with Crippen LogP contribution in [0, 0.1) is 5.92 Å². The third-order valence-corrected chi connectivity index (χ3v) is 5.22. The monoisotopic (exact) mass is 402 g/mol. The zero-order valence-corrected chi connectivity index (χ0v) is 18.0. The van der Waals surface area contributed by atoms with Gasteiger partial charge in [0.1, 0.15) is 6.04 Å². The van der Waals surface area contributed by atoms with Crippen molar-refractivity contribution in [2.45, 2.75) is 46.2 Å². The van der Waals surface area contributed by atoms with Gasteiger partial charge in [0.15, 0.2) is 6.54 Å². The maximum Gasteiger partial charge on any atom is 0.275 e. The highest BCUT2D eigenvalue weighted by molar-refractivity contribution is 7.10. The normalized spacial score (nSPS) is 12.2. The zero-order chi connectivity index (χ0) is 20.5. The summed E-state index contributed by atoms with van der Waals surface area (Å²) in [6, 6.07) is 13.0. The van der Waals surface area contributed by atoms with E-state index in [1.807, 2.05) is 25.2 Å². The number of carbonyl (C=O) groups excluding carboxylic acids is 2. The Bertz CT molecular complexity index is 740. The molecule has 6 heteroatoms. The van der Waals surface area contributed by atoms with Crippen LogP contribution >= 0.6 is 11.3 Å². The quantitative estimate of drug-likeness (QED) is 0.570. The van der Waals surface area contributed by atoms with Gasteiger partial charge >= 0.3 is 0 Å². The SMILES string of the molecule is CC(C)Cc1ccc([C@H]([NH2+]CC(=O)NCC(=O)NC(C)C)c2cccs2)cc1. The first-order valence-electron chi connectivity index (χ1n) is 9.86. The zero-order valence-electron chi connectivity index (χ0n) is 17.2. The molecule has 1 heterocycles. The molecule has 2 amide bonds. The highest BCUT2D eigenvalue weighted by Gasteiger charge is 2.20. The number of rotatable bonds is 10. The Morgan fingerprint density at radius 1 is 1.04 bits per heavy atom. The first-order chi connectivity index (χ1) is 13.3. The Hall–Kier alpha value is -2.18. The highest BCUT2D eigenvalue weighted by Crippen LogP contribution is 2.23.